The second-order valence-corrected chi connectivity index (χ2v) is 8.45. The molecule has 4 rings (SSSR count). The molecule has 0 spiro atoms. The van der Waals surface area contributed by atoms with Gasteiger partial charge in [-0.25, -0.2) is 4.39 Å². The van der Waals surface area contributed by atoms with E-state index in [9.17, 15) is 14.0 Å². The normalized spacial score (nSPS) is 14.9. The van der Waals surface area contributed by atoms with Crippen LogP contribution in [0.3, 0.4) is 0 Å². The molecule has 0 bridgehead atoms. The van der Waals surface area contributed by atoms with Crippen molar-refractivity contribution in [3.05, 3.63) is 77.1 Å². The first kappa shape index (κ1) is 25.1. The Morgan fingerprint density at radius 3 is 2.53 bits per heavy atom. The van der Waals surface area contributed by atoms with Crippen LogP contribution in [0.2, 0.25) is 5.02 Å². The smallest absolute Gasteiger partial charge is 0.243 e. The first-order valence-corrected chi connectivity index (χ1v) is 11.5. The molecule has 1 aliphatic rings. The third-order valence-corrected chi connectivity index (χ3v) is 6.18. The number of methoxy groups -OCH3 is 2. The number of ether oxygens (including phenoxy) is 3. The van der Waals surface area contributed by atoms with Crippen LogP contribution in [0.4, 0.5) is 15.8 Å². The highest BCUT2D eigenvalue weighted by Gasteiger charge is 2.35. The number of hydrazine groups is 1. The van der Waals surface area contributed by atoms with Gasteiger partial charge in [0.1, 0.15) is 18.2 Å². The first-order chi connectivity index (χ1) is 17.4. The SMILES string of the molecule is COc1ccc(N2C[C@H](C(=O)NNc3cccc(OC)c3OCc3c(F)cccc3Cl)CC2=O)cc1. The maximum Gasteiger partial charge on any atom is 0.243 e. The van der Waals surface area contributed by atoms with Gasteiger partial charge >= 0.3 is 0 Å². The van der Waals surface area contributed by atoms with Gasteiger partial charge in [0, 0.05) is 24.2 Å². The van der Waals surface area contributed by atoms with E-state index in [-0.39, 0.29) is 47.7 Å². The topological polar surface area (TPSA) is 89.1 Å². The number of benzene rings is 3. The van der Waals surface area contributed by atoms with Gasteiger partial charge in [-0.3, -0.25) is 20.4 Å². The van der Waals surface area contributed by atoms with Crippen molar-refractivity contribution in [2.75, 3.05) is 31.1 Å². The fourth-order valence-corrected chi connectivity index (χ4v) is 4.08. The number of nitrogens with zero attached hydrogens (tertiary/aromatic N) is 1. The molecule has 1 saturated heterocycles. The van der Waals surface area contributed by atoms with Gasteiger partial charge in [-0.2, -0.15) is 0 Å². The van der Waals surface area contributed by atoms with Gasteiger partial charge in [-0.05, 0) is 48.5 Å². The van der Waals surface area contributed by atoms with Crippen LogP contribution in [0, 0.1) is 11.7 Å². The maximum absolute atomic E-state index is 14.2. The van der Waals surface area contributed by atoms with Crippen LogP contribution in [0.5, 0.6) is 17.2 Å². The van der Waals surface area contributed by atoms with Gasteiger partial charge in [-0.15, -0.1) is 0 Å². The lowest BCUT2D eigenvalue weighted by atomic mass is 10.1. The first-order valence-electron chi connectivity index (χ1n) is 11.1. The molecule has 10 heteroatoms. The molecule has 8 nitrogen and oxygen atoms in total. The Balaban J connectivity index is 1.42. The number of halogens is 2. The van der Waals surface area contributed by atoms with E-state index in [4.69, 9.17) is 25.8 Å². The van der Waals surface area contributed by atoms with E-state index in [2.05, 4.69) is 10.9 Å². The van der Waals surface area contributed by atoms with Crippen LogP contribution in [-0.2, 0) is 16.2 Å². The van der Waals surface area contributed by atoms with Crippen LogP contribution in [0.15, 0.2) is 60.7 Å². The Hall–Kier alpha value is -3.98. The number of hydrogen-bond donors (Lipinski definition) is 2. The number of para-hydroxylation sites is 1. The van der Waals surface area contributed by atoms with Crippen molar-refractivity contribution in [3.63, 3.8) is 0 Å². The molecular formula is C26H25ClFN3O5. The molecule has 3 aromatic rings. The van der Waals surface area contributed by atoms with Gasteiger partial charge in [-0.1, -0.05) is 23.7 Å². The van der Waals surface area contributed by atoms with E-state index in [0.29, 0.717) is 22.9 Å². The average molecular weight is 514 g/mol. The second kappa shape index (κ2) is 11.2. The molecule has 188 valence electrons. The quantitative estimate of drug-likeness (QED) is 0.407. The molecule has 0 aliphatic carbocycles. The van der Waals surface area contributed by atoms with Crippen LogP contribution in [0.1, 0.15) is 12.0 Å². The maximum atomic E-state index is 14.2. The van der Waals surface area contributed by atoms with Crippen molar-refractivity contribution in [1.29, 1.82) is 0 Å². The molecule has 3 aromatic carbocycles. The Morgan fingerprint density at radius 1 is 1.08 bits per heavy atom. The highest BCUT2D eigenvalue weighted by Crippen LogP contribution is 2.36. The zero-order valence-electron chi connectivity index (χ0n) is 19.7. The summed E-state index contributed by atoms with van der Waals surface area (Å²) in [6.07, 6.45) is 0.0762. The van der Waals surface area contributed by atoms with Gasteiger partial charge in [0.05, 0.1) is 30.8 Å². The summed E-state index contributed by atoms with van der Waals surface area (Å²) in [6.45, 7) is 0.0916. The van der Waals surface area contributed by atoms with Crippen LogP contribution in [-0.4, -0.2) is 32.6 Å². The summed E-state index contributed by atoms with van der Waals surface area (Å²) in [6, 6.07) is 16.5. The largest absolute Gasteiger partial charge is 0.497 e. The zero-order valence-corrected chi connectivity index (χ0v) is 20.5. The monoisotopic (exact) mass is 513 g/mol. The van der Waals surface area contributed by atoms with E-state index >= 15 is 0 Å². The van der Waals surface area contributed by atoms with E-state index in [1.165, 1.54) is 19.2 Å². The minimum absolute atomic E-state index is 0.0762. The van der Waals surface area contributed by atoms with Crippen molar-refractivity contribution in [2.45, 2.75) is 13.0 Å². The van der Waals surface area contributed by atoms with E-state index < -0.39 is 11.7 Å². The number of hydrogen-bond acceptors (Lipinski definition) is 6. The van der Waals surface area contributed by atoms with Gasteiger partial charge < -0.3 is 19.1 Å². The molecule has 1 heterocycles. The van der Waals surface area contributed by atoms with E-state index in [1.807, 2.05) is 0 Å². The molecular weight excluding hydrogens is 489 g/mol. The number of rotatable bonds is 9. The minimum atomic E-state index is -0.556. The summed E-state index contributed by atoms with van der Waals surface area (Å²) < 4.78 is 30.5. The molecule has 0 radical (unpaired) electrons. The third kappa shape index (κ3) is 5.46. The summed E-state index contributed by atoms with van der Waals surface area (Å²) in [5.74, 6) is -0.229. The van der Waals surface area contributed by atoms with Crippen molar-refractivity contribution < 1.29 is 28.2 Å². The van der Waals surface area contributed by atoms with Gasteiger partial charge in [0.25, 0.3) is 0 Å². The average Bonchev–Trinajstić information content (AvgIpc) is 3.28. The summed E-state index contributed by atoms with van der Waals surface area (Å²) >= 11 is 6.11. The Labute approximate surface area is 212 Å². The Morgan fingerprint density at radius 2 is 1.83 bits per heavy atom. The van der Waals surface area contributed by atoms with Crippen LogP contribution in [0.25, 0.3) is 0 Å². The molecule has 1 aliphatic heterocycles. The lowest BCUT2D eigenvalue weighted by Crippen LogP contribution is -2.36. The van der Waals surface area contributed by atoms with Crippen molar-refractivity contribution in [3.8, 4) is 17.2 Å². The summed E-state index contributed by atoms with van der Waals surface area (Å²) in [4.78, 5) is 27.0. The number of carbonyl (C=O) groups is 2. The predicted octanol–water partition coefficient (Wildman–Crippen LogP) is 4.57. The Bertz CT molecular complexity index is 1230. The highest BCUT2D eigenvalue weighted by molar-refractivity contribution is 6.31. The molecule has 0 aromatic heterocycles. The third-order valence-electron chi connectivity index (χ3n) is 5.82. The fourth-order valence-electron chi connectivity index (χ4n) is 3.86. The van der Waals surface area contributed by atoms with Crippen molar-refractivity contribution in [2.24, 2.45) is 5.92 Å². The lowest BCUT2D eigenvalue weighted by Gasteiger charge is -2.19. The molecule has 1 fully saturated rings. The van der Waals surface area contributed by atoms with Crippen molar-refractivity contribution in [1.82, 2.24) is 5.43 Å². The number of nitrogens with one attached hydrogen (secondary N) is 2. The standard InChI is InChI=1S/C26H25ClFN3O5/c1-34-18-11-9-17(10-12-18)31-14-16(13-24(31)32)26(33)30-29-22-7-4-8-23(35-2)25(22)36-15-19-20(27)5-3-6-21(19)28/h3-12,16,29H,13-15H2,1-2H3,(H,30,33)/t16-/m1/s1. The number of amides is 2. The minimum Gasteiger partial charge on any atom is -0.497 e. The lowest BCUT2D eigenvalue weighted by molar-refractivity contribution is -0.125. The summed E-state index contributed by atoms with van der Waals surface area (Å²) in [5, 5.41) is 0.236. The number of carbonyl (C=O) groups excluding carboxylic acids is 2. The zero-order chi connectivity index (χ0) is 25.7. The molecule has 1 atom stereocenters. The van der Waals surface area contributed by atoms with E-state index in [0.717, 1.165) is 0 Å². The predicted molar refractivity (Wildman–Crippen MR) is 134 cm³/mol. The second-order valence-electron chi connectivity index (χ2n) is 8.04. The molecule has 36 heavy (non-hydrogen) atoms. The Kier molecular flexibility index (Phi) is 7.80. The fraction of sp³-hybridized carbons (Fsp3) is 0.231. The molecule has 0 saturated carbocycles. The van der Waals surface area contributed by atoms with Gasteiger partial charge in [0.15, 0.2) is 11.5 Å². The van der Waals surface area contributed by atoms with Crippen LogP contribution >= 0.6 is 11.6 Å². The van der Waals surface area contributed by atoms with Crippen molar-refractivity contribution >= 4 is 34.8 Å². The van der Waals surface area contributed by atoms with E-state index in [1.54, 1.807) is 60.5 Å². The summed E-state index contributed by atoms with van der Waals surface area (Å²) in [7, 11) is 3.04. The van der Waals surface area contributed by atoms with Gasteiger partial charge in [0.2, 0.25) is 11.8 Å². The molecule has 0 unspecified atom stereocenters. The molecule has 2 N–H and O–H groups in total. The number of anilines is 2. The summed E-state index contributed by atoms with van der Waals surface area (Å²) in [5.41, 5.74) is 6.76. The van der Waals surface area contributed by atoms with Crippen LogP contribution < -0.4 is 30.0 Å². The molecule has 2 amide bonds. The highest BCUT2D eigenvalue weighted by atomic mass is 35.5.